The zero-order valence-corrected chi connectivity index (χ0v) is 12.1. The van der Waals surface area contributed by atoms with Crippen LogP contribution < -0.4 is 5.32 Å². The smallest absolute Gasteiger partial charge is 0.254 e. The van der Waals surface area contributed by atoms with Gasteiger partial charge in [0.2, 0.25) is 0 Å². The molecule has 0 atom stereocenters. The van der Waals surface area contributed by atoms with Gasteiger partial charge in [0.25, 0.3) is 5.91 Å². The lowest BCUT2D eigenvalue weighted by molar-refractivity contribution is 0.0959. The van der Waals surface area contributed by atoms with Crippen molar-refractivity contribution in [3.05, 3.63) is 56.2 Å². The number of benzene rings is 1. The van der Waals surface area contributed by atoms with Crippen molar-refractivity contribution in [2.24, 2.45) is 0 Å². The Morgan fingerprint density at radius 2 is 2.00 bits per heavy atom. The highest BCUT2D eigenvalue weighted by atomic mass is 35.5. The van der Waals surface area contributed by atoms with Crippen LogP contribution >= 0.6 is 34.5 Å². The van der Waals surface area contributed by atoms with Crippen LogP contribution in [-0.4, -0.2) is 12.5 Å². The molecule has 2 nitrogen and oxygen atoms in total. The highest BCUT2D eigenvalue weighted by Gasteiger charge is 2.12. The average Bonchev–Trinajstić information content (AvgIpc) is 2.75. The van der Waals surface area contributed by atoms with Crippen molar-refractivity contribution in [2.75, 3.05) is 6.54 Å². The maximum Gasteiger partial charge on any atom is 0.254 e. The first-order valence-electron chi connectivity index (χ1n) is 5.44. The zero-order valence-electron chi connectivity index (χ0n) is 9.74. The molecule has 2 rings (SSSR count). The summed E-state index contributed by atoms with van der Waals surface area (Å²) >= 11 is 12.8. The summed E-state index contributed by atoms with van der Waals surface area (Å²) in [5.74, 6) is 5.56. The van der Waals surface area contributed by atoms with Crippen LogP contribution in [0.2, 0.25) is 8.67 Å². The summed E-state index contributed by atoms with van der Waals surface area (Å²) in [6, 6.07) is 11.1. The summed E-state index contributed by atoms with van der Waals surface area (Å²) in [5.41, 5.74) is 1.30. The number of amides is 1. The number of carbonyl (C=O) groups excluding carboxylic acids is 1. The number of hydrogen-bond acceptors (Lipinski definition) is 2. The molecule has 1 aromatic heterocycles. The number of nitrogens with one attached hydrogen (secondary N) is 1. The van der Waals surface area contributed by atoms with Gasteiger partial charge in [-0.25, -0.2) is 0 Å². The summed E-state index contributed by atoms with van der Waals surface area (Å²) < 4.78 is 0.879. The number of carbonyl (C=O) groups is 1. The molecule has 1 heterocycles. The summed E-state index contributed by atoms with van der Waals surface area (Å²) in [7, 11) is 0. The SMILES string of the molecule is O=C(NCC#Cc1ccccc1)c1cc(Cl)sc1Cl. The Balaban J connectivity index is 1.92. The van der Waals surface area contributed by atoms with Crippen LogP contribution in [0, 0.1) is 11.8 Å². The van der Waals surface area contributed by atoms with Crippen molar-refractivity contribution in [1.82, 2.24) is 5.32 Å². The summed E-state index contributed by atoms with van der Waals surface area (Å²) in [4.78, 5) is 11.8. The minimum atomic E-state index is -0.268. The van der Waals surface area contributed by atoms with Gasteiger partial charge >= 0.3 is 0 Å². The minimum absolute atomic E-state index is 0.261. The molecule has 0 saturated heterocycles. The maximum atomic E-state index is 11.8. The van der Waals surface area contributed by atoms with E-state index in [-0.39, 0.29) is 12.5 Å². The molecule has 19 heavy (non-hydrogen) atoms. The molecule has 1 amide bonds. The monoisotopic (exact) mass is 309 g/mol. The number of halogens is 2. The first-order valence-corrected chi connectivity index (χ1v) is 7.01. The minimum Gasteiger partial charge on any atom is -0.341 e. The van der Waals surface area contributed by atoms with Crippen LogP contribution in [0.5, 0.6) is 0 Å². The summed E-state index contributed by atoms with van der Waals surface area (Å²) in [6.07, 6.45) is 0. The quantitative estimate of drug-likeness (QED) is 0.839. The van der Waals surface area contributed by atoms with Crippen LogP contribution in [-0.2, 0) is 0 Å². The first kappa shape index (κ1) is 14.0. The Hall–Kier alpha value is -1.47. The number of rotatable bonds is 2. The number of hydrogen-bond donors (Lipinski definition) is 1. The van der Waals surface area contributed by atoms with Crippen LogP contribution in [0.25, 0.3) is 0 Å². The van der Waals surface area contributed by atoms with E-state index >= 15 is 0 Å². The van der Waals surface area contributed by atoms with Crippen molar-refractivity contribution >= 4 is 40.4 Å². The van der Waals surface area contributed by atoms with Crippen molar-refractivity contribution in [1.29, 1.82) is 0 Å². The number of thiophene rings is 1. The van der Waals surface area contributed by atoms with Gasteiger partial charge in [-0.1, -0.05) is 53.2 Å². The molecule has 1 aromatic carbocycles. The molecule has 0 aliphatic carbocycles. The molecule has 5 heteroatoms. The maximum absolute atomic E-state index is 11.8. The van der Waals surface area contributed by atoms with Gasteiger partial charge in [-0.05, 0) is 18.2 Å². The molecular weight excluding hydrogens is 301 g/mol. The van der Waals surface area contributed by atoms with Crippen LogP contribution in [0.4, 0.5) is 0 Å². The van der Waals surface area contributed by atoms with Crippen LogP contribution in [0.3, 0.4) is 0 Å². The second-order valence-electron chi connectivity index (χ2n) is 3.59. The topological polar surface area (TPSA) is 29.1 Å². The third-order valence-corrected chi connectivity index (χ3v) is 3.73. The van der Waals surface area contributed by atoms with E-state index in [4.69, 9.17) is 23.2 Å². The van der Waals surface area contributed by atoms with E-state index in [0.29, 0.717) is 14.2 Å². The van der Waals surface area contributed by atoms with Crippen LogP contribution in [0.15, 0.2) is 36.4 Å². The van der Waals surface area contributed by atoms with Gasteiger partial charge in [0.1, 0.15) is 4.34 Å². The molecule has 96 valence electrons. The molecule has 0 radical (unpaired) electrons. The predicted molar refractivity (Wildman–Crippen MR) is 80.0 cm³/mol. The lowest BCUT2D eigenvalue weighted by atomic mass is 10.2. The molecule has 1 N–H and O–H groups in total. The van der Waals surface area contributed by atoms with Crippen molar-refractivity contribution in [3.63, 3.8) is 0 Å². The molecular formula is C14H9Cl2NOS. The fourth-order valence-corrected chi connectivity index (χ4v) is 2.84. The molecule has 0 fully saturated rings. The van der Waals surface area contributed by atoms with E-state index in [9.17, 15) is 4.79 Å². The van der Waals surface area contributed by atoms with Gasteiger partial charge in [-0.2, -0.15) is 0 Å². The fourth-order valence-electron chi connectivity index (χ4n) is 1.38. The van der Waals surface area contributed by atoms with Gasteiger partial charge in [0.15, 0.2) is 0 Å². The molecule has 0 spiro atoms. The molecule has 0 saturated carbocycles. The van der Waals surface area contributed by atoms with E-state index in [1.54, 1.807) is 6.07 Å². The van der Waals surface area contributed by atoms with E-state index in [2.05, 4.69) is 17.2 Å². The Bertz CT molecular complexity index is 640. The zero-order chi connectivity index (χ0) is 13.7. The van der Waals surface area contributed by atoms with Crippen LogP contribution in [0.1, 0.15) is 15.9 Å². The third-order valence-electron chi connectivity index (χ3n) is 2.25. The van der Waals surface area contributed by atoms with Gasteiger partial charge < -0.3 is 5.32 Å². The largest absolute Gasteiger partial charge is 0.341 e. The predicted octanol–water partition coefficient (Wildman–Crippen LogP) is 3.84. The highest BCUT2D eigenvalue weighted by Crippen LogP contribution is 2.30. The Kier molecular flexibility index (Phi) is 4.86. The summed E-state index contributed by atoms with van der Waals surface area (Å²) in [6.45, 7) is 0.261. The van der Waals surface area contributed by atoms with Crippen molar-refractivity contribution < 1.29 is 4.79 Å². The van der Waals surface area contributed by atoms with E-state index in [0.717, 1.165) is 5.56 Å². The lowest BCUT2D eigenvalue weighted by Crippen LogP contribution is -2.23. The molecule has 0 aliphatic heterocycles. The fraction of sp³-hybridized carbons (Fsp3) is 0.0714. The standard InChI is InChI=1S/C14H9Cl2NOS/c15-12-9-11(13(16)19-12)14(18)17-8-4-7-10-5-2-1-3-6-10/h1-3,5-6,9H,8H2,(H,17,18). The Morgan fingerprint density at radius 1 is 1.26 bits per heavy atom. The first-order chi connectivity index (χ1) is 9.16. The second kappa shape index (κ2) is 6.63. The highest BCUT2D eigenvalue weighted by molar-refractivity contribution is 7.20. The van der Waals surface area contributed by atoms with E-state index in [1.807, 2.05) is 30.3 Å². The average molecular weight is 310 g/mol. The third kappa shape index (κ3) is 4.00. The molecule has 0 unspecified atom stereocenters. The lowest BCUT2D eigenvalue weighted by Gasteiger charge is -1.98. The van der Waals surface area contributed by atoms with Gasteiger partial charge in [0, 0.05) is 5.56 Å². The molecule has 0 bridgehead atoms. The normalized spacial score (nSPS) is 9.58. The molecule has 2 aromatic rings. The van der Waals surface area contributed by atoms with Gasteiger partial charge in [-0.3, -0.25) is 4.79 Å². The molecule has 0 aliphatic rings. The Morgan fingerprint density at radius 3 is 2.63 bits per heavy atom. The van der Waals surface area contributed by atoms with E-state index in [1.165, 1.54) is 11.3 Å². The second-order valence-corrected chi connectivity index (χ2v) is 5.87. The van der Waals surface area contributed by atoms with Gasteiger partial charge in [-0.15, -0.1) is 11.3 Å². The summed E-state index contributed by atoms with van der Waals surface area (Å²) in [5, 5.41) is 2.67. The van der Waals surface area contributed by atoms with Gasteiger partial charge in [0.05, 0.1) is 16.4 Å². The van der Waals surface area contributed by atoms with Crippen molar-refractivity contribution in [3.8, 4) is 11.8 Å². The Labute approximate surface area is 125 Å². The van der Waals surface area contributed by atoms with E-state index < -0.39 is 0 Å². The van der Waals surface area contributed by atoms with Crippen molar-refractivity contribution in [2.45, 2.75) is 0 Å².